The van der Waals surface area contributed by atoms with Crippen molar-refractivity contribution in [2.75, 3.05) is 0 Å². The zero-order valence-corrected chi connectivity index (χ0v) is 7.53. The Morgan fingerprint density at radius 2 is 2.36 bits per heavy atom. The van der Waals surface area contributed by atoms with Gasteiger partial charge in [-0.25, -0.2) is 4.79 Å². The molecule has 0 aliphatic carbocycles. The fraction of sp³-hybridized carbons (Fsp3) is 0.333. The van der Waals surface area contributed by atoms with Crippen molar-refractivity contribution >= 4 is 0 Å². The van der Waals surface area contributed by atoms with Gasteiger partial charge in [-0.3, -0.25) is 14.3 Å². The van der Waals surface area contributed by atoms with Crippen LogP contribution in [0.2, 0.25) is 0 Å². The van der Waals surface area contributed by atoms with Gasteiger partial charge >= 0.3 is 5.69 Å². The van der Waals surface area contributed by atoms with Gasteiger partial charge in [0.1, 0.15) is 0 Å². The smallest absolute Gasteiger partial charge is 0.331 e. The van der Waals surface area contributed by atoms with Crippen molar-refractivity contribution < 1.29 is 4.74 Å². The topological polar surface area (TPSA) is 64.1 Å². The third-order valence-electron chi connectivity index (χ3n) is 2.13. The molecule has 1 atom stereocenters. The van der Waals surface area contributed by atoms with Gasteiger partial charge in [0.2, 0.25) is 0 Å². The molecule has 1 N–H and O–H groups in total. The zero-order valence-electron chi connectivity index (χ0n) is 7.53. The molecule has 1 fully saturated rings. The van der Waals surface area contributed by atoms with Crippen LogP contribution in [-0.4, -0.2) is 9.55 Å². The monoisotopic (exact) mass is 194 g/mol. The maximum Gasteiger partial charge on any atom is 0.331 e. The Labute approximate surface area is 79.6 Å². The molecule has 0 amide bonds. The Hall–Kier alpha value is -1.78. The first-order valence-electron chi connectivity index (χ1n) is 4.33. The molecule has 1 aromatic heterocycles. The molecule has 5 nitrogen and oxygen atoms in total. The van der Waals surface area contributed by atoms with E-state index in [9.17, 15) is 9.59 Å². The second kappa shape index (κ2) is 3.17. The van der Waals surface area contributed by atoms with E-state index >= 15 is 0 Å². The van der Waals surface area contributed by atoms with Crippen LogP contribution >= 0.6 is 0 Å². The molecule has 1 aliphatic rings. The largest absolute Gasteiger partial charge is 0.475 e. The number of nitrogens with zero attached hydrogens (tertiary/aromatic N) is 1. The average molecular weight is 194 g/mol. The normalized spacial score (nSPS) is 20.9. The van der Waals surface area contributed by atoms with Gasteiger partial charge < -0.3 is 4.74 Å². The summed E-state index contributed by atoms with van der Waals surface area (Å²) in [7, 11) is 0. The fourth-order valence-electron chi connectivity index (χ4n) is 1.44. The summed E-state index contributed by atoms with van der Waals surface area (Å²) in [5.41, 5.74) is -0.847. The van der Waals surface area contributed by atoms with Gasteiger partial charge in [0, 0.05) is 25.1 Å². The number of nitrogens with one attached hydrogen (secondary N) is 1. The summed E-state index contributed by atoms with van der Waals surface area (Å²) in [6.07, 6.45) is 2.57. The Balaban J connectivity index is 2.38. The molecule has 0 bridgehead atoms. The van der Waals surface area contributed by atoms with E-state index < -0.39 is 11.2 Å². The summed E-state index contributed by atoms with van der Waals surface area (Å²) in [6.45, 7) is 3.67. The van der Waals surface area contributed by atoms with Crippen LogP contribution in [0.1, 0.15) is 19.1 Å². The molecule has 74 valence electrons. The van der Waals surface area contributed by atoms with Crippen LogP contribution in [0, 0.1) is 0 Å². The Kier molecular flexibility index (Phi) is 1.99. The lowest BCUT2D eigenvalue weighted by molar-refractivity contribution is 0.0938. The highest BCUT2D eigenvalue weighted by Gasteiger charge is 2.21. The van der Waals surface area contributed by atoms with Crippen molar-refractivity contribution in [1.29, 1.82) is 0 Å². The molecule has 1 saturated heterocycles. The lowest BCUT2D eigenvalue weighted by Crippen LogP contribution is -2.31. The van der Waals surface area contributed by atoms with Crippen molar-refractivity contribution in [3.8, 4) is 0 Å². The molecule has 2 heterocycles. The summed E-state index contributed by atoms with van der Waals surface area (Å²) < 4.78 is 6.68. The predicted octanol–water partition coefficient (Wildman–Crippen LogP) is 0.359. The van der Waals surface area contributed by atoms with Gasteiger partial charge in [-0.2, -0.15) is 0 Å². The summed E-state index contributed by atoms with van der Waals surface area (Å²) in [5, 5.41) is 0. The number of H-pyrrole nitrogens is 1. The zero-order chi connectivity index (χ0) is 10.1. The number of hydrogen-bond acceptors (Lipinski definition) is 3. The van der Waals surface area contributed by atoms with Gasteiger partial charge in [0.25, 0.3) is 5.56 Å². The average Bonchev–Trinajstić information content (AvgIpc) is 2.51. The summed E-state index contributed by atoms with van der Waals surface area (Å²) in [6, 6.07) is 1.30. The highest BCUT2D eigenvalue weighted by molar-refractivity contribution is 4.92. The van der Waals surface area contributed by atoms with Gasteiger partial charge in [-0.05, 0) is 0 Å². The van der Waals surface area contributed by atoms with Crippen LogP contribution < -0.4 is 11.2 Å². The molecule has 2 rings (SSSR count). The van der Waals surface area contributed by atoms with E-state index in [1.165, 1.54) is 16.8 Å². The highest BCUT2D eigenvalue weighted by Crippen LogP contribution is 2.27. The van der Waals surface area contributed by atoms with E-state index in [1.54, 1.807) is 0 Å². The van der Waals surface area contributed by atoms with E-state index in [4.69, 9.17) is 4.74 Å². The van der Waals surface area contributed by atoms with Gasteiger partial charge in [-0.1, -0.05) is 6.58 Å². The van der Waals surface area contributed by atoms with E-state index in [0.29, 0.717) is 12.2 Å². The molecule has 0 saturated carbocycles. The molecular weight excluding hydrogens is 184 g/mol. The number of allylic oxidation sites excluding steroid dienone is 1. The van der Waals surface area contributed by atoms with Gasteiger partial charge in [-0.15, -0.1) is 0 Å². The standard InChI is InChI=1S/C9H10N2O3/c1-6-2-3-8(14-6)11-5-4-7(12)10-9(11)13/h4-5,8H,1-3H2,(H,10,12,13)/t8-/m1/s1. The minimum absolute atomic E-state index is 0.327. The number of aromatic amines is 1. The first-order valence-corrected chi connectivity index (χ1v) is 4.33. The SMILES string of the molecule is C=C1CC[C@H](n2ccc(=O)[nH]c2=O)O1. The predicted molar refractivity (Wildman–Crippen MR) is 49.8 cm³/mol. The van der Waals surface area contributed by atoms with E-state index in [2.05, 4.69) is 11.6 Å². The first-order chi connectivity index (χ1) is 6.66. The molecule has 0 spiro atoms. The molecule has 0 aromatic carbocycles. The van der Waals surface area contributed by atoms with Crippen LogP contribution in [0.25, 0.3) is 0 Å². The molecule has 0 radical (unpaired) electrons. The van der Waals surface area contributed by atoms with Gasteiger partial charge in [0.15, 0.2) is 6.23 Å². The van der Waals surface area contributed by atoms with Crippen molar-refractivity contribution in [3.05, 3.63) is 45.4 Å². The van der Waals surface area contributed by atoms with Crippen molar-refractivity contribution in [2.24, 2.45) is 0 Å². The Bertz CT molecular complexity index is 471. The quantitative estimate of drug-likeness (QED) is 0.702. The summed E-state index contributed by atoms with van der Waals surface area (Å²) in [5.74, 6) is 0.674. The Morgan fingerprint density at radius 1 is 1.57 bits per heavy atom. The van der Waals surface area contributed by atoms with Crippen molar-refractivity contribution in [3.63, 3.8) is 0 Å². The fourth-order valence-corrected chi connectivity index (χ4v) is 1.44. The van der Waals surface area contributed by atoms with E-state index in [0.717, 1.165) is 6.42 Å². The minimum Gasteiger partial charge on any atom is -0.475 e. The van der Waals surface area contributed by atoms with E-state index in [-0.39, 0.29) is 6.23 Å². The molecular formula is C9H10N2O3. The van der Waals surface area contributed by atoms with Crippen LogP contribution in [0.4, 0.5) is 0 Å². The summed E-state index contributed by atoms with van der Waals surface area (Å²) in [4.78, 5) is 24.3. The second-order valence-electron chi connectivity index (χ2n) is 3.17. The lowest BCUT2D eigenvalue weighted by atomic mass is 10.3. The number of hydrogen-bond donors (Lipinski definition) is 1. The highest BCUT2D eigenvalue weighted by atomic mass is 16.5. The molecule has 1 aliphatic heterocycles. The first kappa shape index (κ1) is 8.80. The second-order valence-corrected chi connectivity index (χ2v) is 3.17. The lowest BCUT2D eigenvalue weighted by Gasteiger charge is -2.12. The van der Waals surface area contributed by atoms with Crippen LogP contribution in [-0.2, 0) is 4.74 Å². The third-order valence-corrected chi connectivity index (χ3v) is 2.13. The maximum absolute atomic E-state index is 11.3. The van der Waals surface area contributed by atoms with Crippen LogP contribution in [0.5, 0.6) is 0 Å². The minimum atomic E-state index is -0.447. The number of aromatic nitrogens is 2. The number of rotatable bonds is 1. The van der Waals surface area contributed by atoms with Crippen LogP contribution in [0.3, 0.4) is 0 Å². The molecule has 0 unspecified atom stereocenters. The Morgan fingerprint density at radius 3 is 2.93 bits per heavy atom. The number of ether oxygens (including phenoxy) is 1. The maximum atomic E-state index is 11.3. The van der Waals surface area contributed by atoms with Gasteiger partial charge in [0.05, 0.1) is 5.76 Å². The third kappa shape index (κ3) is 1.48. The van der Waals surface area contributed by atoms with E-state index in [1.807, 2.05) is 0 Å². The molecule has 14 heavy (non-hydrogen) atoms. The van der Waals surface area contributed by atoms with Crippen molar-refractivity contribution in [2.45, 2.75) is 19.1 Å². The van der Waals surface area contributed by atoms with Crippen molar-refractivity contribution in [1.82, 2.24) is 9.55 Å². The van der Waals surface area contributed by atoms with Crippen LogP contribution in [0.15, 0.2) is 34.2 Å². The molecule has 1 aromatic rings. The molecule has 5 heteroatoms. The summed E-state index contributed by atoms with van der Waals surface area (Å²) >= 11 is 0.